The van der Waals surface area contributed by atoms with Gasteiger partial charge in [-0.3, -0.25) is 4.98 Å². The maximum absolute atomic E-state index is 6.20. The fourth-order valence-electron chi connectivity index (χ4n) is 2.46. The number of aromatic nitrogens is 3. The Morgan fingerprint density at radius 1 is 1.00 bits per heavy atom. The van der Waals surface area contributed by atoms with Crippen molar-refractivity contribution < 1.29 is 0 Å². The minimum atomic E-state index is 0.582. The minimum Gasteiger partial charge on any atom is -0.364 e. The van der Waals surface area contributed by atoms with Crippen LogP contribution in [0.15, 0.2) is 48.7 Å². The van der Waals surface area contributed by atoms with Crippen LogP contribution in [-0.4, -0.2) is 21.5 Å². The predicted molar refractivity (Wildman–Crippen MR) is 107 cm³/mol. The lowest BCUT2D eigenvalue weighted by atomic mass is 10.1. The average Bonchev–Trinajstić information content (AvgIpc) is 2.62. The largest absolute Gasteiger partial charge is 0.364 e. The van der Waals surface area contributed by atoms with E-state index in [0.717, 1.165) is 29.2 Å². The number of halogens is 2. The van der Waals surface area contributed by atoms with Crippen molar-refractivity contribution in [3.8, 4) is 0 Å². The third kappa shape index (κ3) is 5.31. The molecule has 0 amide bonds. The third-order valence-corrected chi connectivity index (χ3v) is 4.31. The summed E-state index contributed by atoms with van der Waals surface area (Å²) in [6.07, 6.45) is 2.53. The second-order valence-electron chi connectivity index (χ2n) is 5.81. The normalized spacial score (nSPS) is 10.6. The Bertz CT molecular complexity index is 871. The van der Waals surface area contributed by atoms with E-state index < -0.39 is 0 Å². The number of rotatable bonds is 7. The van der Waals surface area contributed by atoms with Gasteiger partial charge in [-0.25, -0.2) is 4.98 Å². The van der Waals surface area contributed by atoms with Crippen LogP contribution >= 0.6 is 23.2 Å². The molecule has 0 aliphatic carbocycles. The van der Waals surface area contributed by atoms with Crippen LogP contribution in [0.2, 0.25) is 10.0 Å². The second-order valence-corrected chi connectivity index (χ2v) is 6.65. The van der Waals surface area contributed by atoms with Gasteiger partial charge in [0.2, 0.25) is 5.95 Å². The van der Waals surface area contributed by atoms with Gasteiger partial charge < -0.3 is 10.6 Å². The molecule has 5 nitrogen and oxygen atoms in total. The number of hydrogen-bond donors (Lipinski definition) is 2. The average molecular weight is 388 g/mol. The first kappa shape index (κ1) is 18.4. The van der Waals surface area contributed by atoms with Crippen molar-refractivity contribution in [3.05, 3.63) is 75.7 Å². The predicted octanol–water partition coefficient (Wildman–Crippen LogP) is 4.75. The molecule has 0 aliphatic rings. The van der Waals surface area contributed by atoms with Crippen molar-refractivity contribution in [3.63, 3.8) is 0 Å². The summed E-state index contributed by atoms with van der Waals surface area (Å²) in [5.41, 5.74) is 2.87. The van der Waals surface area contributed by atoms with Crippen molar-refractivity contribution in [2.24, 2.45) is 0 Å². The lowest BCUT2D eigenvalue weighted by Gasteiger charge is -2.10. The lowest BCUT2D eigenvalue weighted by molar-refractivity contribution is 0.964. The summed E-state index contributed by atoms with van der Waals surface area (Å²) in [4.78, 5) is 13.2. The van der Waals surface area contributed by atoms with Crippen LogP contribution in [0.5, 0.6) is 0 Å². The molecule has 26 heavy (non-hydrogen) atoms. The fourth-order valence-corrected chi connectivity index (χ4v) is 2.96. The molecule has 3 aromatic rings. The van der Waals surface area contributed by atoms with E-state index in [-0.39, 0.29) is 0 Å². The molecule has 0 atom stereocenters. The Morgan fingerprint density at radius 3 is 2.65 bits per heavy atom. The van der Waals surface area contributed by atoms with Crippen LogP contribution < -0.4 is 10.6 Å². The van der Waals surface area contributed by atoms with Crippen molar-refractivity contribution in [2.75, 3.05) is 17.2 Å². The van der Waals surface area contributed by atoms with Gasteiger partial charge >= 0.3 is 0 Å². The lowest BCUT2D eigenvalue weighted by Crippen LogP contribution is -2.11. The number of nitrogens with zero attached hydrogens (tertiary/aromatic N) is 3. The highest BCUT2D eigenvalue weighted by atomic mass is 35.5. The van der Waals surface area contributed by atoms with Crippen LogP contribution in [0.3, 0.4) is 0 Å². The molecule has 0 spiro atoms. The van der Waals surface area contributed by atoms with Crippen LogP contribution in [0.1, 0.15) is 17.0 Å². The summed E-state index contributed by atoms with van der Waals surface area (Å²) in [5.74, 6) is 1.34. The van der Waals surface area contributed by atoms with Gasteiger partial charge in [0.1, 0.15) is 5.82 Å². The molecule has 1 aromatic carbocycles. The molecule has 2 heterocycles. The number of aryl methyl sites for hydroxylation is 1. The van der Waals surface area contributed by atoms with Gasteiger partial charge in [-0.2, -0.15) is 4.98 Å². The van der Waals surface area contributed by atoms with Gasteiger partial charge in [0.15, 0.2) is 0 Å². The number of hydrogen-bond acceptors (Lipinski definition) is 5. The van der Waals surface area contributed by atoms with Gasteiger partial charge in [-0.15, -0.1) is 0 Å². The fraction of sp³-hybridized carbons (Fsp3) is 0.211. The first-order chi connectivity index (χ1) is 12.6. The van der Waals surface area contributed by atoms with Gasteiger partial charge in [0.05, 0.1) is 12.2 Å². The van der Waals surface area contributed by atoms with E-state index in [1.807, 2.05) is 43.3 Å². The van der Waals surface area contributed by atoms with E-state index in [9.17, 15) is 0 Å². The molecule has 0 aliphatic heterocycles. The highest BCUT2D eigenvalue weighted by molar-refractivity contribution is 6.35. The van der Waals surface area contributed by atoms with E-state index in [4.69, 9.17) is 23.2 Å². The Labute approximate surface area is 162 Å². The van der Waals surface area contributed by atoms with Gasteiger partial charge in [0.25, 0.3) is 0 Å². The van der Waals surface area contributed by atoms with Gasteiger partial charge in [-0.1, -0.05) is 35.3 Å². The van der Waals surface area contributed by atoms with Gasteiger partial charge in [0, 0.05) is 34.5 Å². The van der Waals surface area contributed by atoms with Crippen LogP contribution in [0, 0.1) is 6.92 Å². The molecule has 3 rings (SSSR count). The molecule has 0 unspecified atom stereocenters. The smallest absolute Gasteiger partial charge is 0.224 e. The molecule has 2 N–H and O–H groups in total. The first-order valence-electron chi connectivity index (χ1n) is 8.27. The quantitative estimate of drug-likeness (QED) is 0.612. The number of pyridine rings is 1. The molecule has 0 fully saturated rings. The summed E-state index contributed by atoms with van der Waals surface area (Å²) in [6, 6.07) is 13.3. The zero-order chi connectivity index (χ0) is 18.4. The Balaban J connectivity index is 1.58. The summed E-state index contributed by atoms with van der Waals surface area (Å²) in [5, 5.41) is 7.83. The first-order valence-corrected chi connectivity index (χ1v) is 9.03. The van der Waals surface area contributed by atoms with E-state index in [1.54, 1.807) is 12.3 Å². The maximum Gasteiger partial charge on any atom is 0.224 e. The number of anilines is 2. The van der Waals surface area contributed by atoms with E-state index in [2.05, 4.69) is 25.6 Å². The Kier molecular flexibility index (Phi) is 6.26. The van der Waals surface area contributed by atoms with Crippen molar-refractivity contribution in [1.82, 2.24) is 15.0 Å². The van der Waals surface area contributed by atoms with E-state index in [0.29, 0.717) is 29.1 Å². The van der Waals surface area contributed by atoms with Crippen molar-refractivity contribution >= 4 is 35.0 Å². The molecule has 134 valence electrons. The Morgan fingerprint density at radius 2 is 1.88 bits per heavy atom. The topological polar surface area (TPSA) is 62.7 Å². The zero-order valence-corrected chi connectivity index (χ0v) is 15.8. The van der Waals surface area contributed by atoms with Crippen LogP contribution in [0.25, 0.3) is 0 Å². The summed E-state index contributed by atoms with van der Waals surface area (Å²) in [6.45, 7) is 3.22. The standard InChI is InChI=1S/C19H19Cl2N5/c1-13-10-18(24-12-16-4-2-3-8-22-16)26-19(25-13)23-9-7-14-5-6-15(20)11-17(14)21/h2-6,8,10-11H,7,9,12H2,1H3,(H2,23,24,25,26). The number of nitrogens with one attached hydrogen (secondary N) is 2. The molecular formula is C19H19Cl2N5. The summed E-state index contributed by atoms with van der Waals surface area (Å²) >= 11 is 12.1. The maximum atomic E-state index is 6.20. The monoisotopic (exact) mass is 387 g/mol. The summed E-state index contributed by atoms with van der Waals surface area (Å²) < 4.78 is 0. The molecule has 2 aromatic heterocycles. The van der Waals surface area contributed by atoms with Crippen LogP contribution in [0.4, 0.5) is 11.8 Å². The van der Waals surface area contributed by atoms with E-state index >= 15 is 0 Å². The second kappa shape index (κ2) is 8.83. The van der Waals surface area contributed by atoms with E-state index in [1.165, 1.54) is 0 Å². The highest BCUT2D eigenvalue weighted by Crippen LogP contribution is 2.21. The number of benzene rings is 1. The summed E-state index contributed by atoms with van der Waals surface area (Å²) in [7, 11) is 0. The molecule has 0 radical (unpaired) electrons. The van der Waals surface area contributed by atoms with Crippen LogP contribution in [-0.2, 0) is 13.0 Å². The molecular weight excluding hydrogens is 369 g/mol. The van der Waals surface area contributed by atoms with Crippen molar-refractivity contribution in [2.45, 2.75) is 19.9 Å². The van der Waals surface area contributed by atoms with Gasteiger partial charge in [-0.05, 0) is 43.2 Å². The van der Waals surface area contributed by atoms with Crippen molar-refractivity contribution in [1.29, 1.82) is 0 Å². The molecule has 0 saturated heterocycles. The molecule has 0 saturated carbocycles. The SMILES string of the molecule is Cc1cc(NCc2ccccn2)nc(NCCc2ccc(Cl)cc2Cl)n1. The zero-order valence-electron chi connectivity index (χ0n) is 14.3. The Hall–Kier alpha value is -2.37. The third-order valence-electron chi connectivity index (χ3n) is 3.72. The minimum absolute atomic E-state index is 0.582. The highest BCUT2D eigenvalue weighted by Gasteiger charge is 2.05. The molecule has 7 heteroatoms. The molecule has 0 bridgehead atoms.